The average Bonchev–Trinajstić information content (AvgIpc) is 2.83. The van der Waals surface area contributed by atoms with Crippen molar-refractivity contribution in [3.8, 4) is 11.1 Å². The fourth-order valence-corrected chi connectivity index (χ4v) is 4.93. The Morgan fingerprint density at radius 2 is 1.53 bits per heavy atom. The maximum Gasteiger partial charge on any atom is 0.254 e. The van der Waals surface area contributed by atoms with Crippen LogP contribution in [0.5, 0.6) is 0 Å². The molecule has 0 saturated carbocycles. The van der Waals surface area contributed by atoms with E-state index in [1.807, 2.05) is 0 Å². The third-order valence-corrected chi connectivity index (χ3v) is 7.19. The predicted molar refractivity (Wildman–Crippen MR) is 130 cm³/mol. The molecule has 0 atom stereocenters. The zero-order valence-corrected chi connectivity index (χ0v) is 20.6. The van der Waals surface area contributed by atoms with E-state index < -0.39 is 33.2 Å². The first-order chi connectivity index (χ1) is 17.1. The first kappa shape index (κ1) is 25.7. The zero-order chi connectivity index (χ0) is 26.0. The minimum absolute atomic E-state index is 0.0179. The summed E-state index contributed by atoms with van der Waals surface area (Å²) in [4.78, 5) is 16.5. The van der Waals surface area contributed by atoms with E-state index in [0.29, 0.717) is 16.7 Å². The number of ether oxygens (including phenoxy) is 1. The number of rotatable bonds is 6. The molecule has 190 valence electrons. The molecule has 10 heteroatoms. The van der Waals surface area contributed by atoms with Crippen LogP contribution in [0.15, 0.2) is 59.5 Å². The minimum Gasteiger partial charge on any atom is -0.380 e. The number of amides is 1. The first-order valence-electron chi connectivity index (χ1n) is 11.2. The van der Waals surface area contributed by atoms with E-state index in [1.54, 1.807) is 4.90 Å². The molecular weight excluding hydrogens is 493 g/mol. The molecule has 0 N–H and O–H groups in total. The third-order valence-electron chi connectivity index (χ3n) is 6.08. The quantitative estimate of drug-likeness (QED) is 0.487. The lowest BCUT2D eigenvalue weighted by molar-refractivity contribution is 0.0747. The van der Waals surface area contributed by atoms with Crippen LogP contribution in [0.2, 0.25) is 0 Å². The summed E-state index contributed by atoms with van der Waals surface area (Å²) in [5.74, 6) is -2.27. The highest BCUT2D eigenvalue weighted by atomic mass is 32.2. The van der Waals surface area contributed by atoms with Gasteiger partial charge in [-0.3, -0.25) is 4.79 Å². The highest BCUT2D eigenvalue weighted by Crippen LogP contribution is 2.30. The number of hydrogen-bond donors (Lipinski definition) is 0. The topological polar surface area (TPSA) is 66.9 Å². The second-order valence-electron chi connectivity index (χ2n) is 8.61. The molecule has 1 heterocycles. The number of anilines is 1. The molecule has 6 nitrogen and oxygen atoms in total. The summed E-state index contributed by atoms with van der Waals surface area (Å²) in [6.45, 7) is 0.786. The number of carbonyl (C=O) groups excluding carboxylic acids is 1. The Kier molecular flexibility index (Phi) is 7.37. The van der Waals surface area contributed by atoms with Crippen LogP contribution in [-0.2, 0) is 21.2 Å². The average molecular weight is 519 g/mol. The van der Waals surface area contributed by atoms with Gasteiger partial charge in [0.05, 0.1) is 11.5 Å². The van der Waals surface area contributed by atoms with Crippen LogP contribution >= 0.6 is 0 Å². The molecule has 0 radical (unpaired) electrons. The second kappa shape index (κ2) is 10.3. The predicted octanol–water partition coefficient (Wildman–Crippen LogP) is 4.28. The summed E-state index contributed by atoms with van der Waals surface area (Å²) in [7, 11) is -2.15. The smallest absolute Gasteiger partial charge is 0.254 e. The lowest BCUT2D eigenvalue weighted by atomic mass is 9.98. The molecular formula is C26H25F3N2O4S. The van der Waals surface area contributed by atoms with Crippen molar-refractivity contribution >= 4 is 21.4 Å². The van der Waals surface area contributed by atoms with Crippen LogP contribution in [-0.4, -0.2) is 58.8 Å². The van der Waals surface area contributed by atoms with Crippen LogP contribution in [0, 0.1) is 17.5 Å². The van der Waals surface area contributed by atoms with Crippen molar-refractivity contribution in [3.05, 3.63) is 83.2 Å². The standard InChI is InChI=1S/C26H25F3N2O4S/c1-35-16-17-13-23(28)25(24(29)14-17)30-9-11-31(12-10-30)26(32)22-15-20(36(2,33)34)7-8-21(22)18-3-5-19(27)6-4-18/h3-8,13-15H,9-12,16H2,1-2H3. The van der Waals surface area contributed by atoms with E-state index in [9.17, 15) is 26.4 Å². The van der Waals surface area contributed by atoms with Crippen molar-refractivity contribution < 1.29 is 31.1 Å². The van der Waals surface area contributed by atoms with Gasteiger partial charge in [0.2, 0.25) is 0 Å². The fraction of sp³-hybridized carbons (Fsp3) is 0.269. The Labute approximate surface area is 207 Å². The molecule has 0 aliphatic carbocycles. The molecule has 0 bridgehead atoms. The number of benzene rings is 3. The third kappa shape index (κ3) is 5.39. The summed E-state index contributed by atoms with van der Waals surface area (Å²) in [5.41, 5.74) is 1.39. The van der Waals surface area contributed by atoms with Crippen LogP contribution in [0.1, 0.15) is 15.9 Å². The van der Waals surface area contributed by atoms with E-state index >= 15 is 0 Å². The second-order valence-corrected chi connectivity index (χ2v) is 10.6. The molecule has 1 fully saturated rings. The molecule has 3 aromatic rings. The van der Waals surface area contributed by atoms with Gasteiger partial charge in [0, 0.05) is 45.1 Å². The van der Waals surface area contributed by atoms with Gasteiger partial charge in [-0.15, -0.1) is 0 Å². The van der Waals surface area contributed by atoms with Gasteiger partial charge in [-0.2, -0.15) is 0 Å². The van der Waals surface area contributed by atoms with Crippen LogP contribution in [0.25, 0.3) is 11.1 Å². The van der Waals surface area contributed by atoms with Crippen LogP contribution < -0.4 is 4.90 Å². The largest absolute Gasteiger partial charge is 0.380 e. The molecule has 1 aliphatic rings. The molecule has 1 saturated heterocycles. The Bertz CT molecular complexity index is 1360. The maximum atomic E-state index is 14.7. The Balaban J connectivity index is 1.60. The molecule has 1 amide bonds. The maximum absolute atomic E-state index is 14.7. The lowest BCUT2D eigenvalue weighted by Crippen LogP contribution is -2.49. The number of sulfone groups is 1. The summed E-state index contributed by atoms with van der Waals surface area (Å²) in [6, 6.07) is 12.2. The summed E-state index contributed by atoms with van der Waals surface area (Å²) in [6.07, 6.45) is 1.05. The van der Waals surface area contributed by atoms with Gasteiger partial charge in [-0.25, -0.2) is 21.6 Å². The summed E-state index contributed by atoms with van der Waals surface area (Å²) in [5, 5.41) is 0. The molecule has 0 spiro atoms. The van der Waals surface area contributed by atoms with E-state index in [0.717, 1.165) is 6.26 Å². The highest BCUT2D eigenvalue weighted by molar-refractivity contribution is 7.90. The van der Waals surface area contributed by atoms with Gasteiger partial charge < -0.3 is 14.5 Å². The van der Waals surface area contributed by atoms with Crippen molar-refractivity contribution in [2.45, 2.75) is 11.5 Å². The van der Waals surface area contributed by atoms with E-state index in [4.69, 9.17) is 4.74 Å². The SMILES string of the molecule is COCc1cc(F)c(N2CCN(C(=O)c3cc(S(C)(=O)=O)ccc3-c3ccc(F)cc3)CC2)c(F)c1. The van der Waals surface area contributed by atoms with E-state index in [2.05, 4.69) is 0 Å². The molecule has 0 aromatic heterocycles. The molecule has 3 aromatic carbocycles. The first-order valence-corrected chi connectivity index (χ1v) is 13.1. The van der Waals surface area contributed by atoms with Crippen molar-refractivity contribution in [1.29, 1.82) is 0 Å². The molecule has 1 aliphatic heterocycles. The minimum atomic E-state index is -3.59. The van der Waals surface area contributed by atoms with Crippen molar-refractivity contribution in [2.75, 3.05) is 44.4 Å². The van der Waals surface area contributed by atoms with E-state index in [1.165, 1.54) is 66.6 Å². The van der Waals surface area contributed by atoms with Crippen molar-refractivity contribution in [1.82, 2.24) is 4.90 Å². The van der Waals surface area contributed by atoms with Crippen LogP contribution in [0.3, 0.4) is 0 Å². The summed E-state index contributed by atoms with van der Waals surface area (Å²) < 4.78 is 72.0. The monoisotopic (exact) mass is 518 g/mol. The van der Waals surface area contributed by atoms with Crippen molar-refractivity contribution in [3.63, 3.8) is 0 Å². The van der Waals surface area contributed by atoms with E-state index in [-0.39, 0.29) is 48.9 Å². The van der Waals surface area contributed by atoms with Gasteiger partial charge in [0.1, 0.15) is 23.1 Å². The fourth-order valence-electron chi connectivity index (χ4n) is 4.29. The Morgan fingerprint density at radius 1 is 0.917 bits per heavy atom. The number of nitrogens with zero attached hydrogens (tertiary/aromatic N) is 2. The van der Waals surface area contributed by atoms with Gasteiger partial charge in [0.25, 0.3) is 5.91 Å². The number of piperazine rings is 1. The zero-order valence-electron chi connectivity index (χ0n) is 19.8. The van der Waals surface area contributed by atoms with Gasteiger partial charge in [-0.05, 0) is 53.1 Å². The number of hydrogen-bond acceptors (Lipinski definition) is 5. The normalized spacial score (nSPS) is 14.2. The molecule has 36 heavy (non-hydrogen) atoms. The number of methoxy groups -OCH3 is 1. The number of halogens is 3. The summed E-state index contributed by atoms with van der Waals surface area (Å²) >= 11 is 0. The van der Waals surface area contributed by atoms with Gasteiger partial charge >= 0.3 is 0 Å². The molecule has 0 unspecified atom stereocenters. The Morgan fingerprint density at radius 3 is 2.08 bits per heavy atom. The lowest BCUT2D eigenvalue weighted by Gasteiger charge is -2.36. The van der Waals surface area contributed by atoms with Gasteiger partial charge in [0.15, 0.2) is 9.84 Å². The van der Waals surface area contributed by atoms with Crippen molar-refractivity contribution in [2.24, 2.45) is 0 Å². The van der Waals surface area contributed by atoms with Crippen LogP contribution in [0.4, 0.5) is 18.9 Å². The molecule has 4 rings (SSSR count). The Hall–Kier alpha value is -3.37. The number of carbonyl (C=O) groups is 1. The van der Waals surface area contributed by atoms with Gasteiger partial charge in [-0.1, -0.05) is 18.2 Å². The highest BCUT2D eigenvalue weighted by Gasteiger charge is 2.28.